The Balaban J connectivity index is 1.36. The van der Waals surface area contributed by atoms with Crippen LogP contribution in [0.4, 0.5) is 17.1 Å². The zero-order valence-electron chi connectivity index (χ0n) is 25.3. The summed E-state index contributed by atoms with van der Waals surface area (Å²) in [4.78, 5) is 7.53. The molecule has 0 atom stereocenters. The Morgan fingerprint density at radius 2 is 1.30 bits per heavy atom. The van der Waals surface area contributed by atoms with Crippen molar-refractivity contribution in [2.75, 3.05) is 4.90 Å². The number of para-hydroxylation sites is 1. The molecule has 4 heteroatoms. The van der Waals surface area contributed by atoms with Gasteiger partial charge in [-0.05, 0) is 75.1 Å². The van der Waals surface area contributed by atoms with Crippen LogP contribution >= 0.6 is 11.5 Å². The molecule has 1 aromatic heterocycles. The van der Waals surface area contributed by atoms with Gasteiger partial charge in [0.05, 0.1) is 11.4 Å². The van der Waals surface area contributed by atoms with Crippen LogP contribution in [-0.4, -0.2) is 9.36 Å². The molecule has 1 aliphatic heterocycles. The second kappa shape index (κ2) is 10.3. The summed E-state index contributed by atoms with van der Waals surface area (Å²) in [5.74, 6) is 0.782. The molecule has 5 aromatic carbocycles. The zero-order valence-corrected chi connectivity index (χ0v) is 26.1. The second-order valence-electron chi connectivity index (χ2n) is 12.8. The number of hydrogen-bond donors (Lipinski definition) is 0. The van der Waals surface area contributed by atoms with Gasteiger partial charge < -0.3 is 4.90 Å². The van der Waals surface area contributed by atoms with Crippen LogP contribution in [0.3, 0.4) is 0 Å². The van der Waals surface area contributed by atoms with Crippen LogP contribution in [0.15, 0.2) is 121 Å². The molecule has 212 valence electrons. The third-order valence-corrected chi connectivity index (χ3v) is 9.37. The number of anilines is 3. The minimum Gasteiger partial charge on any atom is -0.310 e. The zero-order chi connectivity index (χ0) is 29.8. The Morgan fingerprint density at radius 3 is 2.07 bits per heavy atom. The average Bonchev–Trinajstić information content (AvgIpc) is 3.52. The molecule has 0 saturated heterocycles. The molecule has 6 aromatic rings. The van der Waals surface area contributed by atoms with E-state index in [2.05, 4.69) is 161 Å². The fourth-order valence-electron chi connectivity index (χ4n) is 6.31. The fourth-order valence-corrected chi connectivity index (χ4v) is 6.98. The molecular weight excluding hydrogens is 543 g/mol. The molecule has 3 nitrogen and oxygen atoms in total. The van der Waals surface area contributed by atoms with E-state index in [4.69, 9.17) is 9.36 Å². The van der Waals surface area contributed by atoms with Crippen LogP contribution < -0.4 is 4.90 Å². The van der Waals surface area contributed by atoms with Crippen molar-refractivity contribution in [2.24, 2.45) is 0 Å². The summed E-state index contributed by atoms with van der Waals surface area (Å²) in [6.07, 6.45) is 0. The first-order valence-electron chi connectivity index (χ1n) is 14.9. The first-order chi connectivity index (χ1) is 20.7. The quantitative estimate of drug-likeness (QED) is 0.209. The molecule has 0 aliphatic carbocycles. The summed E-state index contributed by atoms with van der Waals surface area (Å²) >= 11 is 1.48. The summed E-state index contributed by atoms with van der Waals surface area (Å²) in [5.41, 5.74) is 11.8. The van der Waals surface area contributed by atoms with Crippen LogP contribution in [0.2, 0.25) is 0 Å². The van der Waals surface area contributed by atoms with Gasteiger partial charge in [-0.3, -0.25) is 0 Å². The van der Waals surface area contributed by atoms with E-state index in [9.17, 15) is 0 Å². The van der Waals surface area contributed by atoms with Gasteiger partial charge in [-0.2, -0.15) is 4.37 Å². The minimum absolute atomic E-state index is 0.0716. The highest BCUT2D eigenvalue weighted by Gasteiger charge is 2.39. The van der Waals surface area contributed by atoms with E-state index >= 15 is 0 Å². The number of nitrogens with zero attached hydrogens (tertiary/aromatic N) is 3. The number of aromatic nitrogens is 2. The molecule has 7 rings (SSSR count). The molecular formula is C39H35N3S. The van der Waals surface area contributed by atoms with Crippen LogP contribution in [0.25, 0.3) is 33.1 Å². The summed E-state index contributed by atoms with van der Waals surface area (Å²) in [6, 6.07) is 43.5. The predicted molar refractivity (Wildman–Crippen MR) is 182 cm³/mol. The normalized spacial score (nSPS) is 13.8. The Kier molecular flexibility index (Phi) is 6.55. The average molecular weight is 578 g/mol. The highest BCUT2D eigenvalue weighted by atomic mass is 32.1. The summed E-state index contributed by atoms with van der Waals surface area (Å²) in [5, 5.41) is 0.945. The monoisotopic (exact) mass is 577 g/mol. The maximum atomic E-state index is 5.14. The van der Waals surface area contributed by atoms with Gasteiger partial charge in [0.15, 0.2) is 5.82 Å². The van der Waals surface area contributed by atoms with E-state index in [1.807, 2.05) is 0 Å². The van der Waals surface area contributed by atoms with Crippen molar-refractivity contribution >= 4 is 28.6 Å². The summed E-state index contributed by atoms with van der Waals surface area (Å²) in [7, 11) is 0. The van der Waals surface area contributed by atoms with Crippen molar-refractivity contribution in [2.45, 2.75) is 45.4 Å². The Labute approximate surface area is 258 Å². The first-order valence-corrected chi connectivity index (χ1v) is 15.6. The Hall–Kier alpha value is -4.54. The van der Waals surface area contributed by atoms with E-state index in [0.717, 1.165) is 27.6 Å². The minimum atomic E-state index is -0.249. The molecule has 1 aliphatic rings. The lowest BCUT2D eigenvalue weighted by Gasteiger charge is -2.42. The van der Waals surface area contributed by atoms with Gasteiger partial charge in [0.1, 0.15) is 5.01 Å². The summed E-state index contributed by atoms with van der Waals surface area (Å²) in [6.45, 7) is 11.4. The number of benzene rings is 5. The largest absolute Gasteiger partial charge is 0.310 e. The summed E-state index contributed by atoms with van der Waals surface area (Å²) < 4.78 is 4.94. The second-order valence-corrected chi connectivity index (χ2v) is 13.6. The van der Waals surface area contributed by atoms with E-state index in [1.54, 1.807) is 0 Å². The third kappa shape index (κ3) is 4.76. The lowest BCUT2D eigenvalue weighted by Crippen LogP contribution is -2.31. The van der Waals surface area contributed by atoms with Gasteiger partial charge >= 0.3 is 0 Å². The standard InChI is InChI=1S/C39H35N3S/c1-38(2,3)29-16-11-15-28(25-29)37-40-36(41-43-37)31-17-12-20-34-35(31)39(4,5)32-18-9-10-19-33(32)42(34)30-23-21-27(22-24-30)26-13-7-6-8-14-26/h6-25H,1-5H3. The Morgan fingerprint density at radius 1 is 0.651 bits per heavy atom. The molecule has 0 saturated carbocycles. The van der Waals surface area contributed by atoms with Crippen molar-refractivity contribution < 1.29 is 0 Å². The van der Waals surface area contributed by atoms with Crippen molar-refractivity contribution in [1.82, 2.24) is 9.36 Å². The number of rotatable bonds is 4. The smallest absolute Gasteiger partial charge is 0.173 e. The van der Waals surface area contributed by atoms with E-state index in [0.29, 0.717) is 0 Å². The van der Waals surface area contributed by atoms with Crippen LogP contribution in [0, 0.1) is 0 Å². The van der Waals surface area contributed by atoms with Crippen molar-refractivity contribution in [3.63, 3.8) is 0 Å². The molecule has 0 fully saturated rings. The number of fused-ring (bicyclic) bond motifs is 2. The van der Waals surface area contributed by atoms with E-state index in [-0.39, 0.29) is 10.8 Å². The third-order valence-electron chi connectivity index (χ3n) is 8.60. The Bertz CT molecular complexity index is 1930. The van der Waals surface area contributed by atoms with Gasteiger partial charge in [-0.25, -0.2) is 4.98 Å². The molecule has 0 amide bonds. The highest BCUT2D eigenvalue weighted by molar-refractivity contribution is 7.09. The van der Waals surface area contributed by atoms with Crippen LogP contribution in [-0.2, 0) is 10.8 Å². The van der Waals surface area contributed by atoms with Gasteiger partial charge in [0.2, 0.25) is 0 Å². The van der Waals surface area contributed by atoms with E-state index in [1.165, 1.54) is 50.7 Å². The van der Waals surface area contributed by atoms with Gasteiger partial charge in [-0.1, -0.05) is 126 Å². The van der Waals surface area contributed by atoms with Crippen LogP contribution in [0.5, 0.6) is 0 Å². The maximum absolute atomic E-state index is 5.14. The van der Waals surface area contributed by atoms with E-state index < -0.39 is 0 Å². The molecule has 2 heterocycles. The fraction of sp³-hybridized carbons (Fsp3) is 0.179. The molecule has 0 radical (unpaired) electrons. The van der Waals surface area contributed by atoms with Gasteiger partial charge in [-0.15, -0.1) is 0 Å². The first kappa shape index (κ1) is 27.3. The molecule has 0 unspecified atom stereocenters. The molecule has 0 N–H and O–H groups in total. The predicted octanol–water partition coefficient (Wildman–Crippen LogP) is 10.9. The van der Waals surface area contributed by atoms with Gasteiger partial charge in [0.25, 0.3) is 0 Å². The molecule has 0 bridgehead atoms. The number of hydrogen-bond acceptors (Lipinski definition) is 4. The van der Waals surface area contributed by atoms with Gasteiger partial charge in [0, 0.05) is 22.2 Å². The highest BCUT2D eigenvalue weighted by Crippen LogP contribution is 2.54. The SMILES string of the molecule is CC(C)(C)c1cccc(-c2nc(-c3cccc4c3C(C)(C)c3ccccc3N4c3ccc(-c4ccccc4)cc3)ns2)c1. The maximum Gasteiger partial charge on any atom is 0.173 e. The lowest BCUT2D eigenvalue weighted by atomic mass is 9.71. The molecule has 0 spiro atoms. The molecule has 43 heavy (non-hydrogen) atoms. The van der Waals surface area contributed by atoms with Crippen LogP contribution in [0.1, 0.15) is 51.3 Å². The van der Waals surface area contributed by atoms with Crippen molar-refractivity contribution in [3.05, 3.63) is 138 Å². The topological polar surface area (TPSA) is 29.0 Å². The van der Waals surface area contributed by atoms with Crippen molar-refractivity contribution in [3.8, 4) is 33.1 Å². The van der Waals surface area contributed by atoms with Crippen molar-refractivity contribution in [1.29, 1.82) is 0 Å². The lowest BCUT2D eigenvalue weighted by molar-refractivity contribution is 0.590.